The number of rotatable bonds is 3. The molecule has 0 fully saturated rings. The van der Waals surface area contributed by atoms with E-state index in [9.17, 15) is 4.79 Å². The molecule has 3 heteroatoms. The molecule has 1 aromatic rings. The first-order valence-corrected chi connectivity index (χ1v) is 5.79. The van der Waals surface area contributed by atoms with Gasteiger partial charge in [0.05, 0.1) is 7.11 Å². The second-order valence-electron chi connectivity index (χ2n) is 4.03. The second-order valence-corrected chi connectivity index (χ2v) is 4.03. The molecule has 1 aromatic carbocycles. The molecule has 2 rings (SSSR count). The van der Waals surface area contributed by atoms with E-state index in [-0.39, 0.29) is 5.76 Å². The Kier molecular flexibility index (Phi) is 3.47. The van der Waals surface area contributed by atoms with Crippen molar-refractivity contribution in [3.63, 3.8) is 0 Å². The quantitative estimate of drug-likeness (QED) is 0.456. The number of hydrogen-bond acceptors (Lipinski definition) is 3. The van der Waals surface area contributed by atoms with Crippen LogP contribution in [0.5, 0.6) is 5.75 Å². The number of carbonyl (C=O) groups is 1. The number of fused-ring (bicyclic) bond motifs is 1. The molecule has 0 amide bonds. The Morgan fingerprint density at radius 1 is 1.29 bits per heavy atom. The molecule has 0 radical (unpaired) electrons. The minimum absolute atomic E-state index is 0.227. The zero-order valence-electron chi connectivity index (χ0n) is 10.2. The topological polar surface area (TPSA) is 35.5 Å². The van der Waals surface area contributed by atoms with Crippen LogP contribution in [-0.4, -0.2) is 13.1 Å². The normalized spacial score (nSPS) is 14.4. The summed E-state index contributed by atoms with van der Waals surface area (Å²) in [5.74, 6) is 0.475. The van der Waals surface area contributed by atoms with Crippen molar-refractivity contribution in [2.45, 2.75) is 26.2 Å². The SMILES string of the molecule is C/C=C(\Oc1ccc2c(c1)CCC2)C(=O)OC. The Bertz CT molecular complexity index is 461. The summed E-state index contributed by atoms with van der Waals surface area (Å²) in [4.78, 5) is 11.4. The maximum Gasteiger partial charge on any atom is 0.373 e. The maximum absolute atomic E-state index is 11.4. The predicted octanol–water partition coefficient (Wildman–Crippen LogP) is 2.63. The van der Waals surface area contributed by atoms with Gasteiger partial charge in [0.25, 0.3) is 0 Å². The Morgan fingerprint density at radius 3 is 2.76 bits per heavy atom. The lowest BCUT2D eigenvalue weighted by Gasteiger charge is -2.09. The van der Waals surface area contributed by atoms with Crippen molar-refractivity contribution in [1.82, 2.24) is 0 Å². The lowest BCUT2D eigenvalue weighted by atomic mass is 10.1. The number of carbonyl (C=O) groups excluding carboxylic acids is 1. The zero-order chi connectivity index (χ0) is 12.3. The van der Waals surface area contributed by atoms with Crippen LogP contribution in [0.3, 0.4) is 0 Å². The molecule has 0 unspecified atom stereocenters. The van der Waals surface area contributed by atoms with Crippen LogP contribution in [0.1, 0.15) is 24.5 Å². The van der Waals surface area contributed by atoms with E-state index in [2.05, 4.69) is 10.8 Å². The first kappa shape index (κ1) is 11.7. The van der Waals surface area contributed by atoms with Gasteiger partial charge < -0.3 is 9.47 Å². The summed E-state index contributed by atoms with van der Waals surface area (Å²) in [5.41, 5.74) is 2.71. The number of allylic oxidation sites excluding steroid dienone is 1. The number of aryl methyl sites for hydroxylation is 2. The number of methoxy groups -OCH3 is 1. The molecule has 0 atom stereocenters. The van der Waals surface area contributed by atoms with E-state index in [0.29, 0.717) is 5.75 Å². The lowest BCUT2D eigenvalue weighted by Crippen LogP contribution is -2.10. The molecule has 90 valence electrons. The van der Waals surface area contributed by atoms with Gasteiger partial charge in [-0.25, -0.2) is 4.79 Å². The summed E-state index contributed by atoms with van der Waals surface area (Å²) in [6, 6.07) is 5.98. The monoisotopic (exact) mass is 232 g/mol. The Balaban J connectivity index is 2.16. The van der Waals surface area contributed by atoms with E-state index >= 15 is 0 Å². The van der Waals surface area contributed by atoms with E-state index in [1.54, 1.807) is 13.0 Å². The van der Waals surface area contributed by atoms with Gasteiger partial charge in [0, 0.05) is 0 Å². The third-order valence-electron chi connectivity index (χ3n) is 2.95. The second kappa shape index (κ2) is 5.04. The van der Waals surface area contributed by atoms with E-state index in [1.165, 1.54) is 24.7 Å². The molecule has 3 nitrogen and oxygen atoms in total. The van der Waals surface area contributed by atoms with Crippen molar-refractivity contribution in [3.05, 3.63) is 41.2 Å². The van der Waals surface area contributed by atoms with Gasteiger partial charge in [-0.15, -0.1) is 0 Å². The highest BCUT2D eigenvalue weighted by Crippen LogP contribution is 2.27. The van der Waals surface area contributed by atoms with Gasteiger partial charge >= 0.3 is 5.97 Å². The van der Waals surface area contributed by atoms with E-state index in [4.69, 9.17) is 4.74 Å². The van der Waals surface area contributed by atoms with Crippen LogP contribution in [0, 0.1) is 0 Å². The summed E-state index contributed by atoms with van der Waals surface area (Å²) < 4.78 is 10.2. The highest BCUT2D eigenvalue weighted by Gasteiger charge is 2.14. The molecule has 0 bridgehead atoms. The summed E-state index contributed by atoms with van der Waals surface area (Å²) in [5, 5.41) is 0. The third kappa shape index (κ3) is 2.49. The highest BCUT2D eigenvalue weighted by atomic mass is 16.6. The van der Waals surface area contributed by atoms with Crippen LogP contribution in [0.15, 0.2) is 30.0 Å². The fourth-order valence-electron chi connectivity index (χ4n) is 2.06. The Labute approximate surface area is 101 Å². The molecule has 0 saturated carbocycles. The molecule has 1 aliphatic carbocycles. The molecule has 1 aliphatic rings. The molecule has 0 aliphatic heterocycles. The smallest absolute Gasteiger partial charge is 0.373 e. The highest BCUT2D eigenvalue weighted by molar-refractivity contribution is 5.86. The summed E-state index contributed by atoms with van der Waals surface area (Å²) in [6.07, 6.45) is 5.05. The van der Waals surface area contributed by atoms with Crippen LogP contribution in [0.2, 0.25) is 0 Å². The molecular weight excluding hydrogens is 216 g/mol. The van der Waals surface area contributed by atoms with Crippen LogP contribution in [-0.2, 0) is 22.4 Å². The minimum atomic E-state index is -0.451. The number of ether oxygens (including phenoxy) is 2. The minimum Gasteiger partial charge on any atom is -0.463 e. The molecule has 17 heavy (non-hydrogen) atoms. The maximum atomic E-state index is 11.4. The van der Waals surface area contributed by atoms with Crippen molar-refractivity contribution in [3.8, 4) is 5.75 Å². The molecule has 0 N–H and O–H groups in total. The fourth-order valence-corrected chi connectivity index (χ4v) is 2.06. The molecule has 0 heterocycles. The number of benzene rings is 1. The van der Waals surface area contributed by atoms with Gasteiger partial charge in [-0.3, -0.25) is 0 Å². The first-order valence-electron chi connectivity index (χ1n) is 5.79. The van der Waals surface area contributed by atoms with Gasteiger partial charge in [0.15, 0.2) is 0 Å². The Hall–Kier alpha value is -1.77. The van der Waals surface area contributed by atoms with E-state index in [0.717, 1.165) is 12.8 Å². The van der Waals surface area contributed by atoms with Gasteiger partial charge in [0.2, 0.25) is 5.76 Å². The van der Waals surface area contributed by atoms with Crippen molar-refractivity contribution < 1.29 is 14.3 Å². The van der Waals surface area contributed by atoms with Crippen molar-refractivity contribution in [2.75, 3.05) is 7.11 Å². The average molecular weight is 232 g/mol. The zero-order valence-corrected chi connectivity index (χ0v) is 10.2. The third-order valence-corrected chi connectivity index (χ3v) is 2.95. The van der Waals surface area contributed by atoms with Crippen LogP contribution in [0.25, 0.3) is 0 Å². The van der Waals surface area contributed by atoms with E-state index in [1.807, 2.05) is 12.1 Å². The summed E-state index contributed by atoms with van der Waals surface area (Å²) >= 11 is 0. The standard InChI is InChI=1S/C14H16O3/c1-3-13(14(15)16-2)17-12-8-7-10-5-4-6-11(10)9-12/h3,7-9H,4-6H2,1-2H3/b13-3-. The largest absolute Gasteiger partial charge is 0.463 e. The summed E-state index contributed by atoms with van der Waals surface area (Å²) in [6.45, 7) is 1.75. The van der Waals surface area contributed by atoms with Gasteiger partial charge in [0.1, 0.15) is 5.75 Å². The van der Waals surface area contributed by atoms with Gasteiger partial charge in [-0.1, -0.05) is 6.07 Å². The number of esters is 1. The number of hydrogen-bond donors (Lipinski definition) is 0. The van der Waals surface area contributed by atoms with Crippen molar-refractivity contribution >= 4 is 5.97 Å². The predicted molar refractivity (Wildman–Crippen MR) is 64.9 cm³/mol. The molecule has 0 aromatic heterocycles. The Morgan fingerprint density at radius 2 is 2.06 bits per heavy atom. The first-order chi connectivity index (χ1) is 8.24. The molecule has 0 saturated heterocycles. The van der Waals surface area contributed by atoms with Crippen LogP contribution < -0.4 is 4.74 Å². The van der Waals surface area contributed by atoms with Gasteiger partial charge in [-0.2, -0.15) is 0 Å². The van der Waals surface area contributed by atoms with Gasteiger partial charge in [-0.05, 0) is 55.5 Å². The lowest BCUT2D eigenvalue weighted by molar-refractivity contribution is -0.138. The van der Waals surface area contributed by atoms with E-state index < -0.39 is 5.97 Å². The van der Waals surface area contributed by atoms with Crippen LogP contribution in [0.4, 0.5) is 0 Å². The van der Waals surface area contributed by atoms with Crippen molar-refractivity contribution in [1.29, 1.82) is 0 Å². The van der Waals surface area contributed by atoms with Crippen molar-refractivity contribution in [2.24, 2.45) is 0 Å². The summed E-state index contributed by atoms with van der Waals surface area (Å²) in [7, 11) is 1.35. The van der Waals surface area contributed by atoms with Crippen LogP contribution >= 0.6 is 0 Å². The molecule has 0 spiro atoms. The fraction of sp³-hybridized carbons (Fsp3) is 0.357. The average Bonchev–Trinajstić information content (AvgIpc) is 2.82. The molecular formula is C14H16O3.